The predicted octanol–water partition coefficient (Wildman–Crippen LogP) is 2.26. The van der Waals surface area contributed by atoms with Crippen LogP contribution in [0.3, 0.4) is 0 Å². The minimum absolute atomic E-state index is 0.841. The molecule has 1 aromatic heterocycles. The molecule has 0 spiro atoms. The Balaban J connectivity index is 1.67. The Hall–Kier alpha value is -0.830. The van der Waals surface area contributed by atoms with Crippen LogP contribution < -0.4 is 5.32 Å². The molecule has 1 aliphatic rings. The van der Waals surface area contributed by atoms with Gasteiger partial charge in [0.2, 0.25) is 0 Å². The monoisotopic (exact) mass is 194 g/mol. The van der Waals surface area contributed by atoms with Crippen molar-refractivity contribution in [2.75, 3.05) is 6.54 Å². The van der Waals surface area contributed by atoms with Crippen LogP contribution in [0.15, 0.2) is 10.6 Å². The fourth-order valence-electron chi connectivity index (χ4n) is 2.12. The Labute approximate surface area is 84.9 Å². The topological polar surface area (TPSA) is 38.1 Å². The Kier molecular flexibility index (Phi) is 3.19. The van der Waals surface area contributed by atoms with E-state index in [0.717, 1.165) is 30.5 Å². The summed E-state index contributed by atoms with van der Waals surface area (Å²) in [6.45, 7) is 3.90. The molecule has 1 N–H and O–H groups in total. The molecule has 3 heteroatoms. The summed E-state index contributed by atoms with van der Waals surface area (Å²) in [5.41, 5.74) is 1.01. The van der Waals surface area contributed by atoms with Crippen LogP contribution in [-0.4, -0.2) is 11.7 Å². The van der Waals surface area contributed by atoms with E-state index >= 15 is 0 Å². The number of nitrogens with one attached hydrogen (secondary N) is 1. The van der Waals surface area contributed by atoms with Gasteiger partial charge in [0.25, 0.3) is 0 Å². The Morgan fingerprint density at radius 3 is 2.93 bits per heavy atom. The molecule has 0 bridgehead atoms. The van der Waals surface area contributed by atoms with Crippen LogP contribution in [0, 0.1) is 12.8 Å². The van der Waals surface area contributed by atoms with Gasteiger partial charge in [-0.2, -0.15) is 0 Å². The van der Waals surface area contributed by atoms with E-state index in [0.29, 0.717) is 0 Å². The molecule has 0 aliphatic heterocycles. The number of nitrogens with zero attached hydrogens (tertiary/aromatic N) is 1. The number of hydrogen-bond acceptors (Lipinski definition) is 3. The highest BCUT2D eigenvalue weighted by Crippen LogP contribution is 2.23. The third-order valence-electron chi connectivity index (χ3n) is 2.89. The van der Waals surface area contributed by atoms with E-state index in [9.17, 15) is 0 Å². The maximum atomic E-state index is 5.00. The van der Waals surface area contributed by atoms with E-state index in [4.69, 9.17) is 4.52 Å². The van der Waals surface area contributed by atoms with Crippen molar-refractivity contribution >= 4 is 0 Å². The Morgan fingerprint density at radius 2 is 2.29 bits per heavy atom. The van der Waals surface area contributed by atoms with Crippen LogP contribution in [0.5, 0.6) is 0 Å². The van der Waals surface area contributed by atoms with Crippen LogP contribution in [0.1, 0.15) is 37.1 Å². The largest absolute Gasteiger partial charge is 0.361 e. The zero-order chi connectivity index (χ0) is 9.80. The van der Waals surface area contributed by atoms with Crippen LogP contribution in [0.2, 0.25) is 0 Å². The molecule has 14 heavy (non-hydrogen) atoms. The highest BCUT2D eigenvalue weighted by atomic mass is 16.5. The molecule has 0 saturated heterocycles. The second-order valence-corrected chi connectivity index (χ2v) is 4.21. The second-order valence-electron chi connectivity index (χ2n) is 4.21. The lowest BCUT2D eigenvalue weighted by Gasteiger charge is -2.08. The van der Waals surface area contributed by atoms with E-state index in [2.05, 4.69) is 10.5 Å². The van der Waals surface area contributed by atoms with Gasteiger partial charge in [0.1, 0.15) is 5.76 Å². The fourth-order valence-corrected chi connectivity index (χ4v) is 2.12. The molecule has 0 aromatic carbocycles. The maximum Gasteiger partial charge on any atom is 0.133 e. The quantitative estimate of drug-likeness (QED) is 0.799. The van der Waals surface area contributed by atoms with E-state index in [1.807, 2.05) is 13.0 Å². The van der Waals surface area contributed by atoms with E-state index in [1.165, 1.54) is 25.7 Å². The first kappa shape index (κ1) is 9.71. The standard InChI is InChI=1S/C11H18N2O/c1-9-6-11(13-14-9)8-12-7-10-4-2-3-5-10/h6,10,12H,2-5,7-8H2,1H3. The fraction of sp³-hybridized carbons (Fsp3) is 0.727. The van der Waals surface area contributed by atoms with Gasteiger partial charge in [-0.1, -0.05) is 18.0 Å². The number of aryl methyl sites for hydroxylation is 1. The Bertz CT molecular complexity index is 277. The number of hydrogen-bond donors (Lipinski definition) is 1. The van der Waals surface area contributed by atoms with Crippen LogP contribution in [0.4, 0.5) is 0 Å². The molecule has 1 fully saturated rings. The molecule has 3 nitrogen and oxygen atoms in total. The zero-order valence-electron chi connectivity index (χ0n) is 8.75. The summed E-state index contributed by atoms with van der Waals surface area (Å²) in [6, 6.07) is 1.99. The van der Waals surface area contributed by atoms with Crippen LogP contribution >= 0.6 is 0 Å². The number of rotatable bonds is 4. The molecule has 1 heterocycles. The van der Waals surface area contributed by atoms with Crippen molar-refractivity contribution in [3.63, 3.8) is 0 Å². The van der Waals surface area contributed by atoms with Gasteiger partial charge in [0.15, 0.2) is 0 Å². The molecule has 1 saturated carbocycles. The zero-order valence-corrected chi connectivity index (χ0v) is 8.75. The van der Waals surface area contributed by atoms with Crippen molar-refractivity contribution in [1.29, 1.82) is 0 Å². The van der Waals surface area contributed by atoms with Crippen molar-refractivity contribution in [3.8, 4) is 0 Å². The first-order chi connectivity index (χ1) is 6.84. The summed E-state index contributed by atoms with van der Waals surface area (Å²) >= 11 is 0. The highest BCUT2D eigenvalue weighted by Gasteiger charge is 2.14. The van der Waals surface area contributed by atoms with Gasteiger partial charge >= 0.3 is 0 Å². The average Bonchev–Trinajstić information content (AvgIpc) is 2.77. The molecule has 1 aromatic rings. The van der Waals surface area contributed by atoms with E-state index in [1.54, 1.807) is 0 Å². The summed E-state index contributed by atoms with van der Waals surface area (Å²) in [5, 5.41) is 7.38. The smallest absolute Gasteiger partial charge is 0.133 e. The van der Waals surface area contributed by atoms with Gasteiger partial charge < -0.3 is 9.84 Å². The van der Waals surface area contributed by atoms with Crippen molar-refractivity contribution in [2.24, 2.45) is 5.92 Å². The van der Waals surface area contributed by atoms with Gasteiger partial charge in [-0.15, -0.1) is 0 Å². The average molecular weight is 194 g/mol. The van der Waals surface area contributed by atoms with Crippen molar-refractivity contribution in [1.82, 2.24) is 10.5 Å². The lowest BCUT2D eigenvalue weighted by atomic mass is 10.1. The van der Waals surface area contributed by atoms with Gasteiger partial charge in [-0.3, -0.25) is 0 Å². The predicted molar refractivity (Wildman–Crippen MR) is 54.9 cm³/mol. The van der Waals surface area contributed by atoms with Crippen LogP contribution in [0.25, 0.3) is 0 Å². The minimum atomic E-state index is 0.841. The second kappa shape index (κ2) is 4.60. The van der Waals surface area contributed by atoms with Crippen molar-refractivity contribution in [3.05, 3.63) is 17.5 Å². The summed E-state index contributed by atoms with van der Waals surface area (Å²) in [4.78, 5) is 0. The van der Waals surface area contributed by atoms with Crippen LogP contribution in [-0.2, 0) is 6.54 Å². The van der Waals surface area contributed by atoms with Gasteiger partial charge in [0, 0.05) is 12.6 Å². The van der Waals surface area contributed by atoms with Gasteiger partial charge in [0.05, 0.1) is 5.69 Å². The number of aromatic nitrogens is 1. The molecule has 0 unspecified atom stereocenters. The molecule has 78 valence electrons. The molecular formula is C11H18N2O. The molecule has 1 aliphatic carbocycles. The summed E-state index contributed by atoms with van der Waals surface area (Å²) in [6.07, 6.45) is 5.61. The molecular weight excluding hydrogens is 176 g/mol. The first-order valence-corrected chi connectivity index (χ1v) is 5.47. The summed E-state index contributed by atoms with van der Waals surface area (Å²) in [7, 11) is 0. The van der Waals surface area contributed by atoms with Crippen molar-refractivity contribution < 1.29 is 4.52 Å². The van der Waals surface area contributed by atoms with E-state index < -0.39 is 0 Å². The lowest BCUT2D eigenvalue weighted by Crippen LogP contribution is -2.20. The van der Waals surface area contributed by atoms with Crippen molar-refractivity contribution in [2.45, 2.75) is 39.2 Å². The molecule has 0 atom stereocenters. The molecule has 2 rings (SSSR count). The lowest BCUT2D eigenvalue weighted by molar-refractivity contribution is 0.386. The highest BCUT2D eigenvalue weighted by molar-refractivity contribution is 5.02. The van der Waals surface area contributed by atoms with Gasteiger partial charge in [-0.05, 0) is 32.2 Å². The Morgan fingerprint density at radius 1 is 1.50 bits per heavy atom. The maximum absolute atomic E-state index is 5.00. The normalized spacial score (nSPS) is 17.8. The van der Waals surface area contributed by atoms with E-state index in [-0.39, 0.29) is 0 Å². The molecule has 0 amide bonds. The minimum Gasteiger partial charge on any atom is -0.361 e. The SMILES string of the molecule is Cc1cc(CNCC2CCCC2)no1. The van der Waals surface area contributed by atoms with Gasteiger partial charge in [-0.25, -0.2) is 0 Å². The third-order valence-corrected chi connectivity index (χ3v) is 2.89. The third kappa shape index (κ3) is 2.58. The first-order valence-electron chi connectivity index (χ1n) is 5.47. The summed E-state index contributed by atoms with van der Waals surface area (Å²) in [5.74, 6) is 1.78. The summed E-state index contributed by atoms with van der Waals surface area (Å²) < 4.78 is 5.00. The molecule has 0 radical (unpaired) electrons.